The SMILES string of the molecule is CC.Cc1cc(C)c(C2=C(OS(C)(=O)=O)C3(CCC(C)CC3)NC2=O)cc1C. The Kier molecular flexibility index (Phi) is 6.64. The zero-order valence-corrected chi connectivity index (χ0v) is 18.9. The van der Waals surface area contributed by atoms with E-state index >= 15 is 0 Å². The van der Waals surface area contributed by atoms with E-state index in [-0.39, 0.29) is 11.7 Å². The fourth-order valence-corrected chi connectivity index (χ4v) is 4.58. The van der Waals surface area contributed by atoms with E-state index in [2.05, 4.69) is 12.2 Å². The molecule has 0 saturated heterocycles. The van der Waals surface area contributed by atoms with Gasteiger partial charge in [0.25, 0.3) is 5.91 Å². The maximum absolute atomic E-state index is 12.9. The van der Waals surface area contributed by atoms with Gasteiger partial charge in [-0.3, -0.25) is 4.79 Å². The Bertz CT molecular complexity index is 891. The first kappa shape index (κ1) is 22.5. The number of hydrogen-bond donors (Lipinski definition) is 1. The molecule has 1 saturated carbocycles. The van der Waals surface area contributed by atoms with Crippen molar-refractivity contribution in [3.63, 3.8) is 0 Å². The van der Waals surface area contributed by atoms with Crippen LogP contribution in [0.3, 0.4) is 0 Å². The third-order valence-corrected chi connectivity index (χ3v) is 6.18. The highest BCUT2D eigenvalue weighted by Gasteiger charge is 2.50. The van der Waals surface area contributed by atoms with Gasteiger partial charge in [-0.2, -0.15) is 8.42 Å². The number of nitrogens with one attached hydrogen (secondary N) is 1. The lowest BCUT2D eigenvalue weighted by Crippen LogP contribution is -2.47. The van der Waals surface area contributed by atoms with Gasteiger partial charge in [-0.25, -0.2) is 0 Å². The Hall–Kier alpha value is -1.82. The number of aryl methyl sites for hydroxylation is 3. The first-order valence-electron chi connectivity index (χ1n) is 10.1. The Balaban J connectivity index is 0.00000136. The maximum Gasteiger partial charge on any atom is 0.306 e. The van der Waals surface area contributed by atoms with Gasteiger partial charge >= 0.3 is 10.1 Å². The summed E-state index contributed by atoms with van der Waals surface area (Å²) < 4.78 is 29.4. The predicted molar refractivity (Wildman–Crippen MR) is 113 cm³/mol. The van der Waals surface area contributed by atoms with Crippen molar-refractivity contribution in [1.29, 1.82) is 0 Å². The molecule has 1 fully saturated rings. The average molecular weight is 408 g/mol. The zero-order valence-electron chi connectivity index (χ0n) is 18.1. The molecule has 6 heteroatoms. The molecule has 0 unspecified atom stereocenters. The monoisotopic (exact) mass is 407 g/mol. The highest BCUT2D eigenvalue weighted by molar-refractivity contribution is 7.86. The van der Waals surface area contributed by atoms with E-state index in [0.717, 1.165) is 41.4 Å². The minimum Gasteiger partial charge on any atom is -0.384 e. The molecular formula is C22H33NO4S. The molecule has 156 valence electrons. The van der Waals surface area contributed by atoms with E-state index in [9.17, 15) is 13.2 Å². The summed E-state index contributed by atoms with van der Waals surface area (Å²) in [5.41, 5.74) is 3.53. The second kappa shape index (κ2) is 8.27. The number of amides is 1. The van der Waals surface area contributed by atoms with Crippen molar-refractivity contribution >= 4 is 21.6 Å². The lowest BCUT2D eigenvalue weighted by atomic mass is 9.76. The highest BCUT2D eigenvalue weighted by atomic mass is 32.2. The van der Waals surface area contributed by atoms with Crippen molar-refractivity contribution in [3.05, 3.63) is 40.1 Å². The molecule has 1 aliphatic heterocycles. The van der Waals surface area contributed by atoms with Crippen LogP contribution in [0.15, 0.2) is 17.9 Å². The standard InChI is InChI=1S/C20H27NO4S.C2H6/c1-12-6-8-20(9-7-12)18(25-26(5,23)24)17(19(22)21-20)16-11-14(3)13(2)10-15(16)4;1-2/h10-12H,6-9H2,1-5H3,(H,21,22);1-2H3. The molecule has 0 atom stereocenters. The van der Waals surface area contributed by atoms with Crippen LogP contribution in [0.5, 0.6) is 0 Å². The fourth-order valence-electron chi connectivity index (χ4n) is 4.03. The summed E-state index contributed by atoms with van der Waals surface area (Å²) in [6.45, 7) is 12.1. The first-order valence-corrected chi connectivity index (χ1v) is 11.9. The summed E-state index contributed by atoms with van der Waals surface area (Å²) in [7, 11) is -3.74. The summed E-state index contributed by atoms with van der Waals surface area (Å²) in [6.07, 6.45) is 4.27. The van der Waals surface area contributed by atoms with E-state index in [4.69, 9.17) is 4.18 Å². The third kappa shape index (κ3) is 4.43. The molecule has 0 aromatic heterocycles. The van der Waals surface area contributed by atoms with Gasteiger partial charge in [-0.1, -0.05) is 32.9 Å². The van der Waals surface area contributed by atoms with E-state index in [1.165, 1.54) is 0 Å². The molecule has 1 aliphatic carbocycles. The first-order chi connectivity index (χ1) is 13.0. The van der Waals surface area contributed by atoms with Gasteiger partial charge in [0, 0.05) is 0 Å². The van der Waals surface area contributed by atoms with Crippen LogP contribution < -0.4 is 5.32 Å². The van der Waals surface area contributed by atoms with Gasteiger partial charge in [-0.15, -0.1) is 0 Å². The predicted octanol–water partition coefficient (Wildman–Crippen LogP) is 4.40. The van der Waals surface area contributed by atoms with Gasteiger partial charge in [-0.05, 0) is 74.6 Å². The van der Waals surface area contributed by atoms with Crippen molar-refractivity contribution in [1.82, 2.24) is 5.32 Å². The van der Waals surface area contributed by atoms with E-state index < -0.39 is 15.7 Å². The molecule has 1 spiro atoms. The van der Waals surface area contributed by atoms with Gasteiger partial charge in [0.1, 0.15) is 5.54 Å². The Morgan fingerprint density at radius 2 is 1.57 bits per heavy atom. The zero-order chi connectivity index (χ0) is 21.3. The minimum atomic E-state index is -3.74. The molecule has 1 amide bonds. The van der Waals surface area contributed by atoms with Crippen LogP contribution in [0.25, 0.3) is 5.57 Å². The second-order valence-corrected chi connectivity index (χ2v) is 9.54. The van der Waals surface area contributed by atoms with Crippen molar-refractivity contribution in [2.24, 2.45) is 5.92 Å². The lowest BCUT2D eigenvalue weighted by Gasteiger charge is -2.37. The minimum absolute atomic E-state index is 0.246. The number of carbonyl (C=O) groups is 1. The number of rotatable bonds is 3. The molecule has 1 aromatic carbocycles. The van der Waals surface area contributed by atoms with Gasteiger partial charge in [0.15, 0.2) is 5.76 Å². The van der Waals surface area contributed by atoms with Crippen LogP contribution in [0.1, 0.15) is 68.7 Å². The van der Waals surface area contributed by atoms with Gasteiger partial charge in [0.2, 0.25) is 0 Å². The topological polar surface area (TPSA) is 72.5 Å². The van der Waals surface area contributed by atoms with E-state index in [1.54, 1.807) is 0 Å². The quantitative estimate of drug-likeness (QED) is 0.754. The average Bonchev–Trinajstić information content (AvgIpc) is 2.86. The molecule has 1 heterocycles. The summed E-state index contributed by atoms with van der Waals surface area (Å²) in [4.78, 5) is 12.9. The molecule has 1 N–H and O–H groups in total. The summed E-state index contributed by atoms with van der Waals surface area (Å²) >= 11 is 0. The molecular weight excluding hydrogens is 374 g/mol. The smallest absolute Gasteiger partial charge is 0.306 e. The lowest BCUT2D eigenvalue weighted by molar-refractivity contribution is -0.116. The Morgan fingerprint density at radius 3 is 2.11 bits per heavy atom. The molecule has 5 nitrogen and oxygen atoms in total. The number of carbonyl (C=O) groups excluding carboxylic acids is 1. The van der Waals surface area contributed by atoms with Crippen LogP contribution in [0, 0.1) is 26.7 Å². The van der Waals surface area contributed by atoms with Crippen LogP contribution in [0.2, 0.25) is 0 Å². The van der Waals surface area contributed by atoms with Crippen LogP contribution in [0.4, 0.5) is 0 Å². The molecule has 28 heavy (non-hydrogen) atoms. The van der Waals surface area contributed by atoms with Crippen LogP contribution >= 0.6 is 0 Å². The molecule has 2 aliphatic rings. The van der Waals surface area contributed by atoms with Crippen molar-refractivity contribution in [2.75, 3.05) is 6.26 Å². The molecule has 3 rings (SSSR count). The maximum atomic E-state index is 12.9. The Labute approximate surface area is 169 Å². The van der Waals surface area contributed by atoms with Crippen molar-refractivity contribution in [2.45, 2.75) is 72.8 Å². The fraction of sp³-hybridized carbons (Fsp3) is 0.591. The van der Waals surface area contributed by atoms with Crippen molar-refractivity contribution < 1.29 is 17.4 Å². The Morgan fingerprint density at radius 1 is 1.04 bits per heavy atom. The largest absolute Gasteiger partial charge is 0.384 e. The van der Waals surface area contributed by atoms with Crippen LogP contribution in [-0.2, 0) is 19.1 Å². The normalized spacial score (nSPS) is 24.7. The van der Waals surface area contributed by atoms with E-state index in [0.29, 0.717) is 24.3 Å². The summed E-state index contributed by atoms with van der Waals surface area (Å²) in [6, 6.07) is 3.98. The summed E-state index contributed by atoms with van der Waals surface area (Å²) in [5.74, 6) is 0.595. The number of benzene rings is 1. The van der Waals surface area contributed by atoms with Gasteiger partial charge in [0.05, 0.1) is 11.8 Å². The number of hydrogen-bond acceptors (Lipinski definition) is 4. The van der Waals surface area contributed by atoms with Crippen LogP contribution in [-0.4, -0.2) is 26.1 Å². The molecule has 0 radical (unpaired) electrons. The van der Waals surface area contributed by atoms with E-state index in [1.807, 2.05) is 46.8 Å². The van der Waals surface area contributed by atoms with Gasteiger partial charge < -0.3 is 9.50 Å². The molecule has 1 aromatic rings. The third-order valence-electron chi connectivity index (χ3n) is 5.71. The summed E-state index contributed by atoms with van der Waals surface area (Å²) in [5, 5.41) is 3.07. The van der Waals surface area contributed by atoms with Crippen molar-refractivity contribution in [3.8, 4) is 0 Å². The molecule has 0 bridgehead atoms. The highest BCUT2D eigenvalue weighted by Crippen LogP contribution is 2.45. The second-order valence-electron chi connectivity index (χ2n) is 7.96.